The Morgan fingerprint density at radius 2 is 2.05 bits per heavy atom. The van der Waals surface area contributed by atoms with Crippen LogP contribution in [0.2, 0.25) is 0 Å². The Morgan fingerprint density at radius 3 is 2.90 bits per heavy atom. The minimum Gasteiger partial charge on any atom is -0.322 e. The van der Waals surface area contributed by atoms with Crippen molar-refractivity contribution in [3.8, 4) is 0 Å². The van der Waals surface area contributed by atoms with E-state index in [0.717, 1.165) is 18.8 Å². The van der Waals surface area contributed by atoms with Gasteiger partial charge in [0.05, 0.1) is 4.70 Å². The number of nitrogens with zero attached hydrogens (tertiary/aromatic N) is 1. The van der Waals surface area contributed by atoms with Crippen molar-refractivity contribution < 1.29 is 9.36 Å². The highest BCUT2D eigenvalue weighted by Crippen LogP contribution is 2.28. The molecule has 4 rings (SSSR count). The van der Waals surface area contributed by atoms with Crippen LogP contribution in [-0.4, -0.2) is 12.5 Å². The summed E-state index contributed by atoms with van der Waals surface area (Å²) in [5, 5.41) is 7.52. The third-order valence-electron chi connectivity index (χ3n) is 3.61. The van der Waals surface area contributed by atoms with Crippen LogP contribution >= 0.6 is 11.3 Å². The molecule has 0 bridgehead atoms. The van der Waals surface area contributed by atoms with E-state index in [-0.39, 0.29) is 5.91 Å². The van der Waals surface area contributed by atoms with Crippen molar-refractivity contribution in [1.29, 1.82) is 0 Å². The Labute approximate surface area is 126 Å². The highest BCUT2D eigenvalue weighted by atomic mass is 32.1. The van der Waals surface area contributed by atoms with Crippen LogP contribution in [0.15, 0.2) is 48.5 Å². The number of hydrogen-bond donors (Lipinski definition) is 2. The van der Waals surface area contributed by atoms with Crippen LogP contribution in [0.4, 0.5) is 10.8 Å². The maximum Gasteiger partial charge on any atom is 0.335 e. The van der Waals surface area contributed by atoms with Gasteiger partial charge in [0.1, 0.15) is 18.6 Å². The van der Waals surface area contributed by atoms with Crippen molar-refractivity contribution in [2.24, 2.45) is 0 Å². The van der Waals surface area contributed by atoms with Gasteiger partial charge in [0.2, 0.25) is 0 Å². The van der Waals surface area contributed by atoms with Crippen LogP contribution < -0.4 is 15.2 Å². The molecule has 5 heteroatoms. The van der Waals surface area contributed by atoms with E-state index in [0.29, 0.717) is 5.56 Å². The molecule has 0 radical (unpaired) electrons. The fraction of sp³-hybridized carbons (Fsp3) is 0.125. The molecule has 104 valence electrons. The minimum absolute atomic E-state index is 0.0787. The second-order valence-electron chi connectivity index (χ2n) is 4.99. The standard InChI is InChI=1S/C16H13N3OS/c20-15(11-4-2-1-3-5-11)18-12-6-7-14-13(10-12)19-9-8-17-16(19)21-14/h1-7,10H,8-9H2,(H,18,20)/p+1. The Morgan fingerprint density at radius 1 is 1.19 bits per heavy atom. The number of thiazole rings is 1. The van der Waals surface area contributed by atoms with Crippen LogP contribution in [0.3, 0.4) is 0 Å². The highest BCUT2D eigenvalue weighted by Gasteiger charge is 2.23. The minimum atomic E-state index is -0.0787. The quantitative estimate of drug-likeness (QED) is 0.714. The summed E-state index contributed by atoms with van der Waals surface area (Å²) in [7, 11) is 0. The average Bonchev–Trinajstić information content (AvgIpc) is 3.09. The molecule has 1 aromatic heterocycles. The van der Waals surface area contributed by atoms with Crippen molar-refractivity contribution in [2.45, 2.75) is 6.54 Å². The first-order chi connectivity index (χ1) is 10.3. The Hall–Kier alpha value is -2.40. The van der Waals surface area contributed by atoms with Crippen LogP contribution in [0.25, 0.3) is 10.2 Å². The van der Waals surface area contributed by atoms with E-state index < -0.39 is 0 Å². The number of amides is 1. The Kier molecular flexibility index (Phi) is 2.86. The van der Waals surface area contributed by atoms with Gasteiger partial charge >= 0.3 is 5.13 Å². The van der Waals surface area contributed by atoms with Crippen molar-refractivity contribution in [1.82, 2.24) is 0 Å². The molecule has 3 aromatic rings. The summed E-state index contributed by atoms with van der Waals surface area (Å²) in [6.07, 6.45) is 0. The number of rotatable bonds is 2. The molecule has 0 saturated heterocycles. The van der Waals surface area contributed by atoms with Crippen molar-refractivity contribution >= 4 is 38.3 Å². The number of fused-ring (bicyclic) bond motifs is 3. The molecule has 4 nitrogen and oxygen atoms in total. The van der Waals surface area contributed by atoms with Gasteiger partial charge in [-0.3, -0.25) is 10.1 Å². The lowest BCUT2D eigenvalue weighted by molar-refractivity contribution is -0.640. The van der Waals surface area contributed by atoms with E-state index in [2.05, 4.69) is 21.3 Å². The second-order valence-corrected chi connectivity index (χ2v) is 6.02. The number of benzene rings is 2. The summed E-state index contributed by atoms with van der Waals surface area (Å²) in [5.74, 6) is -0.0787. The fourth-order valence-electron chi connectivity index (χ4n) is 2.58. The first-order valence-corrected chi connectivity index (χ1v) is 7.69. The number of carbonyl (C=O) groups is 1. The van der Waals surface area contributed by atoms with Gasteiger partial charge in [-0.15, -0.1) is 0 Å². The summed E-state index contributed by atoms with van der Waals surface area (Å²) in [5.41, 5.74) is 2.67. The van der Waals surface area contributed by atoms with E-state index in [1.165, 1.54) is 15.3 Å². The third kappa shape index (κ3) is 2.15. The van der Waals surface area contributed by atoms with Gasteiger partial charge in [-0.25, -0.2) is 4.57 Å². The SMILES string of the molecule is O=C(Nc1ccc2sc3[n+](c2c1)CCN3)c1ccccc1. The molecule has 0 saturated carbocycles. The van der Waals surface area contributed by atoms with Gasteiger partial charge in [-0.1, -0.05) is 18.2 Å². The molecule has 0 unspecified atom stereocenters. The van der Waals surface area contributed by atoms with E-state index in [1.807, 2.05) is 42.5 Å². The fourth-order valence-corrected chi connectivity index (χ4v) is 3.67. The summed E-state index contributed by atoms with van der Waals surface area (Å²) < 4.78 is 3.49. The lowest BCUT2D eigenvalue weighted by Crippen LogP contribution is -2.28. The predicted octanol–water partition coefficient (Wildman–Crippen LogP) is 2.87. The Balaban J connectivity index is 1.66. The molecule has 0 atom stereocenters. The normalized spacial score (nSPS) is 13.0. The monoisotopic (exact) mass is 296 g/mol. The largest absolute Gasteiger partial charge is 0.335 e. The molecule has 1 aliphatic rings. The summed E-state index contributed by atoms with van der Waals surface area (Å²) in [4.78, 5) is 12.2. The van der Waals surface area contributed by atoms with Crippen LogP contribution in [0, 0.1) is 0 Å². The van der Waals surface area contributed by atoms with Gasteiger partial charge in [0.15, 0.2) is 0 Å². The van der Waals surface area contributed by atoms with Crippen LogP contribution in [-0.2, 0) is 6.54 Å². The van der Waals surface area contributed by atoms with Gasteiger partial charge < -0.3 is 5.32 Å². The Bertz CT molecular complexity index is 826. The molecule has 2 N–H and O–H groups in total. The van der Waals surface area contributed by atoms with Gasteiger partial charge in [-0.2, -0.15) is 0 Å². The maximum absolute atomic E-state index is 12.2. The molecule has 0 aliphatic carbocycles. The zero-order valence-corrected chi connectivity index (χ0v) is 12.1. The number of carbonyl (C=O) groups excluding carboxylic acids is 1. The highest BCUT2D eigenvalue weighted by molar-refractivity contribution is 7.21. The van der Waals surface area contributed by atoms with E-state index in [9.17, 15) is 4.79 Å². The second kappa shape index (κ2) is 4.86. The van der Waals surface area contributed by atoms with Crippen molar-refractivity contribution in [3.63, 3.8) is 0 Å². The summed E-state index contributed by atoms with van der Waals surface area (Å²) in [6.45, 7) is 1.95. The zero-order valence-electron chi connectivity index (χ0n) is 11.3. The first-order valence-electron chi connectivity index (χ1n) is 6.88. The molecule has 2 aromatic carbocycles. The predicted molar refractivity (Wildman–Crippen MR) is 84.9 cm³/mol. The van der Waals surface area contributed by atoms with Gasteiger partial charge in [0, 0.05) is 17.3 Å². The van der Waals surface area contributed by atoms with Crippen LogP contribution in [0.1, 0.15) is 10.4 Å². The lowest BCUT2D eigenvalue weighted by Gasteiger charge is -2.05. The van der Waals surface area contributed by atoms with E-state index >= 15 is 0 Å². The smallest absolute Gasteiger partial charge is 0.322 e. The van der Waals surface area contributed by atoms with Crippen LogP contribution in [0.5, 0.6) is 0 Å². The molecule has 2 heterocycles. The third-order valence-corrected chi connectivity index (χ3v) is 4.73. The molecule has 0 fully saturated rings. The first kappa shape index (κ1) is 12.3. The average molecular weight is 296 g/mol. The van der Waals surface area contributed by atoms with E-state index in [4.69, 9.17) is 0 Å². The van der Waals surface area contributed by atoms with E-state index in [1.54, 1.807) is 11.3 Å². The summed E-state index contributed by atoms with van der Waals surface area (Å²) >= 11 is 1.75. The molecule has 1 amide bonds. The molecular formula is C16H14N3OS+. The lowest BCUT2D eigenvalue weighted by atomic mass is 10.2. The van der Waals surface area contributed by atoms with Gasteiger partial charge in [0.25, 0.3) is 5.91 Å². The number of aromatic nitrogens is 1. The maximum atomic E-state index is 12.2. The van der Waals surface area contributed by atoms with Crippen molar-refractivity contribution in [2.75, 3.05) is 17.2 Å². The summed E-state index contributed by atoms with van der Waals surface area (Å²) in [6, 6.07) is 15.3. The van der Waals surface area contributed by atoms with Crippen molar-refractivity contribution in [3.05, 3.63) is 54.1 Å². The molecular weight excluding hydrogens is 282 g/mol. The molecule has 1 aliphatic heterocycles. The molecule has 0 spiro atoms. The molecule has 21 heavy (non-hydrogen) atoms. The topological polar surface area (TPSA) is 45.0 Å². The van der Waals surface area contributed by atoms with Gasteiger partial charge in [-0.05, 0) is 35.6 Å². The zero-order chi connectivity index (χ0) is 14.2. The number of nitrogens with one attached hydrogen (secondary N) is 2. The number of anilines is 2. The number of hydrogen-bond acceptors (Lipinski definition) is 3.